The van der Waals surface area contributed by atoms with Crippen LogP contribution in [0.4, 0.5) is 0 Å². The minimum Gasteiger partial charge on any atom is -0.462 e. The molecule has 0 aliphatic heterocycles. The lowest BCUT2D eigenvalue weighted by molar-refractivity contribution is -0.157. The van der Waals surface area contributed by atoms with E-state index < -0.39 is 32.5 Å². The lowest BCUT2D eigenvalue weighted by Crippen LogP contribution is -2.29. The van der Waals surface area contributed by atoms with E-state index in [1.165, 1.54) is 154 Å². The van der Waals surface area contributed by atoms with E-state index in [9.17, 15) is 14.2 Å². The zero-order chi connectivity index (χ0) is 36.1. The van der Waals surface area contributed by atoms with Crippen molar-refractivity contribution in [3.63, 3.8) is 0 Å². The highest BCUT2D eigenvalue weighted by molar-refractivity contribution is 7.46. The van der Waals surface area contributed by atoms with Gasteiger partial charge in [0.25, 0.3) is 0 Å². The maximum absolute atomic E-state index is 12.3. The van der Waals surface area contributed by atoms with Gasteiger partial charge in [0, 0.05) is 12.5 Å². The molecule has 2 N–H and O–H groups in total. The van der Waals surface area contributed by atoms with Gasteiger partial charge in [-0.1, -0.05) is 193 Å². The van der Waals surface area contributed by atoms with Gasteiger partial charge >= 0.3 is 19.8 Å². The van der Waals surface area contributed by atoms with Gasteiger partial charge in [-0.25, -0.2) is 9.36 Å². The van der Waals surface area contributed by atoms with Crippen LogP contribution < -0.4 is 0 Å². The Morgan fingerprint density at radius 2 is 0.980 bits per heavy atom. The van der Waals surface area contributed by atoms with E-state index in [0.717, 1.165) is 32.1 Å². The summed E-state index contributed by atoms with van der Waals surface area (Å²) in [4.78, 5) is 42.6. The van der Waals surface area contributed by atoms with E-state index in [2.05, 4.69) is 18.4 Å². The Kier molecular flexibility index (Phi) is 35.2. The van der Waals surface area contributed by atoms with Crippen molar-refractivity contribution in [2.24, 2.45) is 0 Å². The number of phosphoric ester groups is 1. The maximum Gasteiger partial charge on any atom is 0.469 e. The number of carbonyl (C=O) groups excluding carboxylic acids is 2. The predicted octanol–water partition coefficient (Wildman–Crippen LogP) is 12.0. The molecule has 0 aromatic carbocycles. The van der Waals surface area contributed by atoms with E-state index in [1.807, 2.05) is 6.08 Å². The van der Waals surface area contributed by atoms with Gasteiger partial charge in [0.15, 0.2) is 6.10 Å². The quantitative estimate of drug-likeness (QED) is 0.0214. The number of ether oxygens (including phenoxy) is 2. The van der Waals surface area contributed by atoms with Gasteiger partial charge < -0.3 is 19.3 Å². The molecule has 0 heterocycles. The van der Waals surface area contributed by atoms with Crippen LogP contribution in [0.2, 0.25) is 0 Å². The Hall–Kier alpha value is -1.47. The molecule has 0 aliphatic rings. The molecule has 0 radical (unpaired) electrons. The van der Waals surface area contributed by atoms with Crippen molar-refractivity contribution in [1.29, 1.82) is 0 Å². The summed E-state index contributed by atoms with van der Waals surface area (Å²) in [6.07, 6.45) is 41.0. The highest BCUT2D eigenvalue weighted by Crippen LogP contribution is 2.35. The summed E-state index contributed by atoms with van der Waals surface area (Å²) < 4.78 is 26.2. The number of hydrogen-bond donors (Lipinski definition) is 2. The first kappa shape index (κ1) is 47.5. The molecule has 0 unspecified atom stereocenters. The number of hydrogen-bond acceptors (Lipinski definition) is 6. The van der Waals surface area contributed by atoms with E-state index in [-0.39, 0.29) is 13.0 Å². The van der Waals surface area contributed by atoms with Gasteiger partial charge in [-0.2, -0.15) is 0 Å². The number of phosphoric acid groups is 1. The van der Waals surface area contributed by atoms with E-state index >= 15 is 0 Å². The van der Waals surface area contributed by atoms with E-state index in [4.69, 9.17) is 19.3 Å². The number of allylic oxidation sites excluding steroid dienone is 3. The van der Waals surface area contributed by atoms with E-state index in [1.54, 1.807) is 12.2 Å². The van der Waals surface area contributed by atoms with Gasteiger partial charge in [0.1, 0.15) is 6.61 Å². The van der Waals surface area contributed by atoms with Crippen molar-refractivity contribution in [3.05, 3.63) is 24.3 Å². The molecule has 9 heteroatoms. The molecule has 0 bridgehead atoms. The van der Waals surface area contributed by atoms with Crippen LogP contribution in [0.25, 0.3) is 0 Å². The fourth-order valence-corrected chi connectivity index (χ4v) is 6.17. The summed E-state index contributed by atoms with van der Waals surface area (Å²) in [5.41, 5.74) is 0. The van der Waals surface area contributed by atoms with Crippen LogP contribution in [-0.4, -0.2) is 41.0 Å². The minimum absolute atomic E-state index is 0.252. The molecule has 49 heavy (non-hydrogen) atoms. The summed E-state index contributed by atoms with van der Waals surface area (Å²) in [6, 6.07) is 0. The third kappa shape index (κ3) is 39.2. The third-order valence-corrected chi connectivity index (χ3v) is 9.32. The normalized spacial score (nSPS) is 12.7. The Morgan fingerprint density at radius 3 is 1.41 bits per heavy atom. The molecule has 0 saturated heterocycles. The van der Waals surface area contributed by atoms with Gasteiger partial charge in [0.05, 0.1) is 6.61 Å². The summed E-state index contributed by atoms with van der Waals surface area (Å²) in [6.45, 7) is 3.60. The van der Waals surface area contributed by atoms with Crippen molar-refractivity contribution in [2.75, 3.05) is 13.2 Å². The second kappa shape index (κ2) is 36.3. The summed E-state index contributed by atoms with van der Waals surface area (Å²) in [7, 11) is -4.77. The molecule has 0 rings (SSSR count). The minimum atomic E-state index is -4.77. The van der Waals surface area contributed by atoms with Crippen LogP contribution in [0.5, 0.6) is 0 Å². The molecule has 0 fully saturated rings. The molecule has 0 saturated carbocycles. The molecular weight excluding hydrogens is 639 g/mol. The first-order valence-electron chi connectivity index (χ1n) is 20.2. The third-order valence-electron chi connectivity index (χ3n) is 8.83. The van der Waals surface area contributed by atoms with Crippen molar-refractivity contribution in [3.8, 4) is 0 Å². The second-order valence-corrected chi connectivity index (χ2v) is 14.9. The smallest absolute Gasteiger partial charge is 0.462 e. The zero-order valence-electron chi connectivity index (χ0n) is 31.6. The SMILES string of the molecule is CCCCCCCCCCCCC/C=C/C=C/C(=O)O[C@H](COC(=O)CCCCCCCCCCCCCCCCCC)COP(=O)(O)O. The predicted molar refractivity (Wildman–Crippen MR) is 202 cm³/mol. The number of unbranched alkanes of at least 4 members (excludes halogenated alkanes) is 26. The zero-order valence-corrected chi connectivity index (χ0v) is 32.5. The standard InChI is InChI=1S/C40H75O8P/c1-3-5-7-9-11-13-15-17-19-21-22-24-26-28-30-32-34-39(41)46-36-38(37-47-49(43,44)45)48-40(42)35-33-31-29-27-25-23-20-18-16-14-12-10-8-6-4-2/h29,31,33,35,38H,3-28,30,32,34,36-37H2,1-2H3,(H2,43,44,45)/b31-29+,35-33+/t38-/m1/s1. The van der Waals surface area contributed by atoms with Crippen molar-refractivity contribution < 1.29 is 37.9 Å². The fraction of sp³-hybridized carbons (Fsp3) is 0.850. The highest BCUT2D eigenvalue weighted by Gasteiger charge is 2.22. The lowest BCUT2D eigenvalue weighted by Gasteiger charge is -2.17. The average Bonchev–Trinajstić information content (AvgIpc) is 3.07. The van der Waals surface area contributed by atoms with Crippen LogP contribution in [-0.2, 0) is 28.2 Å². The number of carbonyl (C=O) groups is 2. The van der Waals surface area contributed by atoms with Gasteiger partial charge in [0.2, 0.25) is 0 Å². The maximum atomic E-state index is 12.3. The van der Waals surface area contributed by atoms with Crippen LogP contribution in [0.15, 0.2) is 24.3 Å². The molecular formula is C40H75O8P. The molecule has 1 atom stereocenters. The van der Waals surface area contributed by atoms with Gasteiger partial charge in [-0.15, -0.1) is 0 Å². The Morgan fingerprint density at radius 1 is 0.571 bits per heavy atom. The number of rotatable bonds is 37. The first-order chi connectivity index (χ1) is 23.8. The lowest BCUT2D eigenvalue weighted by atomic mass is 10.0. The summed E-state index contributed by atoms with van der Waals surface area (Å²) >= 11 is 0. The molecule has 8 nitrogen and oxygen atoms in total. The summed E-state index contributed by atoms with van der Waals surface area (Å²) in [5, 5.41) is 0. The molecule has 0 aromatic heterocycles. The molecule has 288 valence electrons. The largest absolute Gasteiger partial charge is 0.469 e. The first-order valence-corrected chi connectivity index (χ1v) is 21.7. The highest BCUT2D eigenvalue weighted by atomic mass is 31.2. The number of esters is 2. The van der Waals surface area contributed by atoms with Crippen molar-refractivity contribution >= 4 is 19.8 Å². The van der Waals surface area contributed by atoms with E-state index in [0.29, 0.717) is 0 Å². The van der Waals surface area contributed by atoms with Gasteiger partial charge in [-0.3, -0.25) is 9.32 Å². The van der Waals surface area contributed by atoms with Crippen LogP contribution in [0.1, 0.15) is 200 Å². The summed E-state index contributed by atoms with van der Waals surface area (Å²) in [5.74, 6) is -1.13. The Bertz CT molecular complexity index is 853. The Balaban J connectivity index is 4.00. The molecule has 0 spiro atoms. The van der Waals surface area contributed by atoms with Crippen molar-refractivity contribution in [2.45, 2.75) is 206 Å². The topological polar surface area (TPSA) is 119 Å². The monoisotopic (exact) mass is 715 g/mol. The average molecular weight is 715 g/mol. The molecule has 0 amide bonds. The molecule has 0 aromatic rings. The van der Waals surface area contributed by atoms with Gasteiger partial charge in [-0.05, 0) is 19.3 Å². The van der Waals surface area contributed by atoms with Crippen LogP contribution >= 0.6 is 7.82 Å². The van der Waals surface area contributed by atoms with Crippen molar-refractivity contribution in [1.82, 2.24) is 0 Å². The fourth-order valence-electron chi connectivity index (χ4n) is 5.81. The molecule has 0 aliphatic carbocycles. The van der Waals surface area contributed by atoms with Crippen LogP contribution in [0.3, 0.4) is 0 Å². The Labute approximate surface area is 300 Å². The second-order valence-electron chi connectivity index (χ2n) is 13.7. The van der Waals surface area contributed by atoms with Crippen LogP contribution in [0, 0.1) is 0 Å².